The molecule has 1 fully saturated rings. The van der Waals surface area contributed by atoms with Crippen LogP contribution < -0.4 is 20.5 Å². The van der Waals surface area contributed by atoms with Crippen molar-refractivity contribution in [2.24, 2.45) is 0 Å². The van der Waals surface area contributed by atoms with Crippen LogP contribution in [0.3, 0.4) is 0 Å². The second kappa shape index (κ2) is 11.1. The van der Waals surface area contributed by atoms with Gasteiger partial charge in [0, 0.05) is 31.1 Å². The van der Waals surface area contributed by atoms with Crippen LogP contribution in [0, 0.1) is 0 Å². The maximum absolute atomic E-state index is 12.6. The zero-order valence-electron chi connectivity index (χ0n) is 18.4. The third-order valence-electron chi connectivity index (χ3n) is 5.68. The number of amides is 1. The molecule has 0 aliphatic carbocycles. The monoisotopic (exact) mass is 467 g/mol. The molecule has 172 valence electrons. The van der Waals surface area contributed by atoms with E-state index in [1.54, 1.807) is 23.0 Å². The molecule has 0 radical (unpaired) electrons. The third kappa shape index (κ3) is 6.21. The Balaban J connectivity index is 1.35. The number of aromatic nitrogens is 2. The fourth-order valence-corrected chi connectivity index (χ4v) is 4.06. The quantitative estimate of drug-likeness (QED) is 0.489. The molecule has 33 heavy (non-hydrogen) atoms. The van der Waals surface area contributed by atoms with Crippen LogP contribution >= 0.6 is 11.6 Å². The van der Waals surface area contributed by atoms with Gasteiger partial charge in [0.15, 0.2) is 0 Å². The van der Waals surface area contributed by atoms with Gasteiger partial charge in [0.1, 0.15) is 24.2 Å². The first-order valence-corrected chi connectivity index (χ1v) is 11.7. The van der Waals surface area contributed by atoms with Gasteiger partial charge < -0.3 is 9.64 Å². The van der Waals surface area contributed by atoms with E-state index in [-0.39, 0.29) is 17.5 Å². The van der Waals surface area contributed by atoms with E-state index in [0.717, 1.165) is 37.3 Å². The van der Waals surface area contributed by atoms with Crippen molar-refractivity contribution < 1.29 is 14.8 Å². The number of carbonyl (C=O) groups excluding carboxylic acids is 1. The average Bonchev–Trinajstić information content (AvgIpc) is 3.30. The summed E-state index contributed by atoms with van der Waals surface area (Å²) in [5.74, 6) is 2.06. The van der Waals surface area contributed by atoms with Crippen molar-refractivity contribution in [1.82, 2.24) is 9.55 Å². The topological polar surface area (TPSA) is 81.0 Å². The number of pyridine rings is 2. The van der Waals surface area contributed by atoms with Gasteiger partial charge in [-0.25, -0.2) is 9.78 Å². The number of nitrogens with zero attached hydrogens (tertiary/aromatic N) is 3. The molecule has 0 saturated carbocycles. The minimum absolute atomic E-state index is 0.168. The third-order valence-corrected chi connectivity index (χ3v) is 5.94. The molecular formula is C25H28ClN4O3+. The number of quaternary nitrogens is 1. The van der Waals surface area contributed by atoms with Gasteiger partial charge in [-0.05, 0) is 30.2 Å². The maximum Gasteiger partial charge on any atom is 0.310 e. The lowest BCUT2D eigenvalue weighted by molar-refractivity contribution is -0.601. The molecule has 1 aliphatic heterocycles. The Morgan fingerprint density at radius 2 is 2.03 bits per heavy atom. The molecule has 1 unspecified atom stereocenters. The highest BCUT2D eigenvalue weighted by atomic mass is 35.5. The lowest BCUT2D eigenvalue weighted by Crippen LogP contribution is -2.93. The average molecular weight is 468 g/mol. The number of ether oxygens (including phenoxy) is 1. The van der Waals surface area contributed by atoms with E-state index in [1.165, 1.54) is 6.07 Å². The number of hydrogen-bond acceptors (Lipinski definition) is 5. The Kier molecular flexibility index (Phi) is 7.75. The van der Waals surface area contributed by atoms with E-state index in [9.17, 15) is 9.59 Å². The van der Waals surface area contributed by atoms with Crippen molar-refractivity contribution in [2.45, 2.75) is 31.9 Å². The smallest absolute Gasteiger partial charge is 0.310 e. The fraction of sp³-hybridized carbons (Fsp3) is 0.320. The van der Waals surface area contributed by atoms with Crippen molar-refractivity contribution in [2.75, 3.05) is 23.9 Å². The van der Waals surface area contributed by atoms with Crippen LogP contribution in [0.1, 0.15) is 24.8 Å². The van der Waals surface area contributed by atoms with Crippen LogP contribution in [0.5, 0.6) is 5.75 Å². The molecule has 1 saturated heterocycles. The summed E-state index contributed by atoms with van der Waals surface area (Å²) in [5, 5.41) is 1.84. The Labute approximate surface area is 198 Å². The molecule has 2 N–H and O–H groups in total. The molecule has 3 heterocycles. The summed E-state index contributed by atoms with van der Waals surface area (Å²) in [5.41, 5.74) is 1.56. The molecular weight excluding hydrogens is 440 g/mol. The highest BCUT2D eigenvalue weighted by Gasteiger charge is 2.28. The second-order valence-corrected chi connectivity index (χ2v) is 8.52. The van der Waals surface area contributed by atoms with Crippen molar-refractivity contribution in [3.05, 3.63) is 82.9 Å². The predicted octanol–water partition coefficient (Wildman–Crippen LogP) is 2.50. The van der Waals surface area contributed by atoms with E-state index in [0.29, 0.717) is 30.3 Å². The minimum atomic E-state index is -0.179. The van der Waals surface area contributed by atoms with Gasteiger partial charge in [-0.2, -0.15) is 0 Å². The summed E-state index contributed by atoms with van der Waals surface area (Å²) in [6.45, 7) is 2.03. The number of anilines is 1. The summed E-state index contributed by atoms with van der Waals surface area (Å²) in [7, 11) is 0. The van der Waals surface area contributed by atoms with Crippen LogP contribution in [0.15, 0.2) is 71.8 Å². The highest BCUT2D eigenvalue weighted by molar-refractivity contribution is 6.17. The van der Waals surface area contributed by atoms with Gasteiger partial charge in [-0.15, -0.1) is 11.6 Å². The van der Waals surface area contributed by atoms with Crippen LogP contribution in [0.2, 0.25) is 0 Å². The number of hydrogen-bond donors (Lipinski definition) is 1. The zero-order valence-corrected chi connectivity index (χ0v) is 19.2. The number of primary amides is 1. The summed E-state index contributed by atoms with van der Waals surface area (Å²) < 4.78 is 7.28. The molecule has 1 aromatic carbocycles. The lowest BCUT2D eigenvalue weighted by atomic mass is 10.2. The maximum atomic E-state index is 12.6. The molecule has 8 heteroatoms. The molecule has 2 aromatic heterocycles. The number of rotatable bonds is 9. The molecule has 0 bridgehead atoms. The van der Waals surface area contributed by atoms with Crippen LogP contribution in [0.4, 0.5) is 5.82 Å². The van der Waals surface area contributed by atoms with E-state index < -0.39 is 0 Å². The Hall–Kier alpha value is -3.16. The molecule has 1 atom stereocenters. The van der Waals surface area contributed by atoms with Crippen molar-refractivity contribution in [3.8, 4) is 11.4 Å². The Morgan fingerprint density at radius 1 is 1.18 bits per heavy atom. The number of benzene rings is 1. The zero-order chi connectivity index (χ0) is 23.0. The number of alkyl halides is 1. The lowest BCUT2D eigenvalue weighted by Gasteiger charge is -2.17. The van der Waals surface area contributed by atoms with Crippen LogP contribution in [-0.2, 0) is 11.4 Å². The van der Waals surface area contributed by atoms with Crippen LogP contribution in [0.25, 0.3) is 5.69 Å². The minimum Gasteiger partial charge on any atom is -0.489 e. The summed E-state index contributed by atoms with van der Waals surface area (Å²) >= 11 is 5.67. The van der Waals surface area contributed by atoms with E-state index in [1.807, 2.05) is 47.8 Å². The molecule has 3 aromatic rings. The number of carbonyl (C=O) groups is 1. The van der Waals surface area contributed by atoms with Gasteiger partial charge in [-0.3, -0.25) is 14.7 Å². The predicted molar refractivity (Wildman–Crippen MR) is 128 cm³/mol. The highest BCUT2D eigenvalue weighted by Crippen LogP contribution is 2.18. The summed E-state index contributed by atoms with van der Waals surface area (Å²) in [4.78, 5) is 31.3. The fourth-order valence-electron chi connectivity index (χ4n) is 3.93. The van der Waals surface area contributed by atoms with Crippen molar-refractivity contribution in [1.29, 1.82) is 0 Å². The molecule has 7 nitrogen and oxygen atoms in total. The first kappa shape index (κ1) is 23.0. The Morgan fingerprint density at radius 3 is 2.76 bits per heavy atom. The van der Waals surface area contributed by atoms with E-state index in [4.69, 9.17) is 16.3 Å². The number of halogens is 1. The summed E-state index contributed by atoms with van der Waals surface area (Å²) in [6.07, 6.45) is 5.56. The summed E-state index contributed by atoms with van der Waals surface area (Å²) in [6, 6.07) is 17.1. The molecule has 4 rings (SSSR count). The second-order valence-electron chi connectivity index (χ2n) is 8.14. The van der Waals surface area contributed by atoms with Gasteiger partial charge in [0.05, 0.1) is 24.8 Å². The SMILES string of the molecule is O=C(CCCCl)[NH2+]C1CCN(c2ccc(-n3ccc(OCc4ccccc4)cc3=O)cn2)C1. The first-order valence-electron chi connectivity index (χ1n) is 11.2. The Bertz CT molecular complexity index is 1120. The molecule has 0 spiro atoms. The molecule has 1 amide bonds. The largest absolute Gasteiger partial charge is 0.489 e. The molecule has 1 aliphatic rings. The van der Waals surface area contributed by atoms with Gasteiger partial charge in [0.2, 0.25) is 0 Å². The first-order chi connectivity index (χ1) is 16.1. The van der Waals surface area contributed by atoms with Crippen molar-refractivity contribution >= 4 is 23.3 Å². The van der Waals surface area contributed by atoms with Gasteiger partial charge in [-0.1, -0.05) is 30.3 Å². The van der Waals surface area contributed by atoms with Gasteiger partial charge in [0.25, 0.3) is 5.56 Å². The number of nitrogens with two attached hydrogens (primary N) is 1. The van der Waals surface area contributed by atoms with E-state index in [2.05, 4.69) is 9.88 Å². The van der Waals surface area contributed by atoms with Crippen LogP contribution in [-0.4, -0.2) is 40.5 Å². The standard InChI is InChI=1S/C25H27ClN4O3/c26-12-4-7-24(31)28-20-10-13-29(17-20)23-9-8-21(16-27-23)30-14-11-22(15-25(30)32)33-18-19-5-2-1-3-6-19/h1-3,5-6,8-9,11,14-16,20H,4,7,10,12-13,17-18H2,(H,28,31)/p+1. The van der Waals surface area contributed by atoms with E-state index >= 15 is 0 Å². The van der Waals surface area contributed by atoms with Crippen molar-refractivity contribution in [3.63, 3.8) is 0 Å². The normalized spacial score (nSPS) is 15.5. The van der Waals surface area contributed by atoms with Gasteiger partial charge >= 0.3 is 5.91 Å².